The van der Waals surface area contributed by atoms with Crippen molar-refractivity contribution in [3.63, 3.8) is 0 Å². The van der Waals surface area contributed by atoms with Gasteiger partial charge in [0.15, 0.2) is 0 Å². The standard InChI is InChI=1S/C25H30N4O3/c1-18-6-10-20(11-7-18)24-26-23(32-27-24)17-29-14-4-5-21(16-29)25(30)28(2)15-19-8-12-22(31-3)13-9-19/h6-13,21H,4-5,14-17H2,1-3H3. The van der Waals surface area contributed by atoms with Crippen LogP contribution in [0.4, 0.5) is 0 Å². The van der Waals surface area contributed by atoms with Gasteiger partial charge in [-0.1, -0.05) is 47.1 Å². The zero-order valence-electron chi connectivity index (χ0n) is 19.0. The summed E-state index contributed by atoms with van der Waals surface area (Å²) in [5.74, 6) is 2.16. The number of carbonyl (C=O) groups is 1. The van der Waals surface area contributed by atoms with Gasteiger partial charge in [0.1, 0.15) is 5.75 Å². The first-order chi connectivity index (χ1) is 15.5. The van der Waals surface area contributed by atoms with E-state index in [2.05, 4.69) is 15.0 Å². The van der Waals surface area contributed by atoms with Crippen molar-refractivity contribution < 1.29 is 14.1 Å². The fourth-order valence-corrected chi connectivity index (χ4v) is 4.13. The second kappa shape index (κ2) is 9.96. The number of ether oxygens (including phenoxy) is 1. The van der Waals surface area contributed by atoms with Crippen molar-refractivity contribution in [3.05, 3.63) is 65.5 Å². The van der Waals surface area contributed by atoms with E-state index in [1.807, 2.05) is 67.4 Å². The molecule has 7 nitrogen and oxygen atoms in total. The van der Waals surface area contributed by atoms with Gasteiger partial charge in [-0.15, -0.1) is 0 Å². The zero-order valence-corrected chi connectivity index (χ0v) is 19.0. The molecule has 1 fully saturated rings. The van der Waals surface area contributed by atoms with Crippen molar-refractivity contribution in [1.29, 1.82) is 0 Å². The van der Waals surface area contributed by atoms with Crippen LogP contribution >= 0.6 is 0 Å². The highest BCUT2D eigenvalue weighted by atomic mass is 16.5. The third-order valence-electron chi connectivity index (χ3n) is 5.95. The molecule has 1 amide bonds. The van der Waals surface area contributed by atoms with E-state index < -0.39 is 0 Å². The molecule has 1 atom stereocenters. The summed E-state index contributed by atoms with van der Waals surface area (Å²) in [6.07, 6.45) is 1.88. The molecule has 0 spiro atoms. The van der Waals surface area contributed by atoms with E-state index in [-0.39, 0.29) is 11.8 Å². The van der Waals surface area contributed by atoms with Crippen LogP contribution in [0, 0.1) is 12.8 Å². The maximum atomic E-state index is 13.1. The first-order valence-electron chi connectivity index (χ1n) is 11.0. The first kappa shape index (κ1) is 22.0. The predicted octanol–water partition coefficient (Wildman–Crippen LogP) is 3.92. The van der Waals surface area contributed by atoms with Crippen LogP contribution < -0.4 is 4.74 Å². The van der Waals surface area contributed by atoms with E-state index in [1.165, 1.54) is 5.56 Å². The van der Waals surface area contributed by atoms with Crippen LogP contribution in [0.5, 0.6) is 5.75 Å². The molecule has 1 aliphatic heterocycles. The number of piperidine rings is 1. The molecule has 0 bridgehead atoms. The van der Waals surface area contributed by atoms with Crippen LogP contribution in [0.15, 0.2) is 53.1 Å². The van der Waals surface area contributed by atoms with Crippen LogP contribution in [0.3, 0.4) is 0 Å². The quantitative estimate of drug-likeness (QED) is 0.561. The third-order valence-corrected chi connectivity index (χ3v) is 5.95. The molecule has 1 unspecified atom stereocenters. The van der Waals surface area contributed by atoms with Gasteiger partial charge in [0.2, 0.25) is 17.6 Å². The van der Waals surface area contributed by atoms with E-state index in [1.54, 1.807) is 7.11 Å². The van der Waals surface area contributed by atoms with Gasteiger partial charge < -0.3 is 14.2 Å². The van der Waals surface area contributed by atoms with E-state index in [0.29, 0.717) is 31.3 Å². The summed E-state index contributed by atoms with van der Waals surface area (Å²) in [5.41, 5.74) is 3.22. The second-order valence-corrected chi connectivity index (χ2v) is 8.49. The first-order valence-corrected chi connectivity index (χ1v) is 11.0. The molecule has 32 heavy (non-hydrogen) atoms. The van der Waals surface area contributed by atoms with E-state index in [0.717, 1.165) is 36.3 Å². The van der Waals surface area contributed by atoms with Crippen LogP contribution in [-0.2, 0) is 17.9 Å². The van der Waals surface area contributed by atoms with Crippen molar-refractivity contribution in [1.82, 2.24) is 19.9 Å². The summed E-state index contributed by atoms with van der Waals surface area (Å²) in [6, 6.07) is 15.9. The Bertz CT molecular complexity index is 1030. The molecular formula is C25H30N4O3. The summed E-state index contributed by atoms with van der Waals surface area (Å²) < 4.78 is 10.7. The molecule has 168 valence electrons. The van der Waals surface area contributed by atoms with Crippen molar-refractivity contribution in [2.24, 2.45) is 5.92 Å². The Hall–Kier alpha value is -3.19. The summed E-state index contributed by atoms with van der Waals surface area (Å²) in [7, 11) is 3.52. The number of hydrogen-bond donors (Lipinski definition) is 0. The van der Waals surface area contributed by atoms with Crippen molar-refractivity contribution in [3.8, 4) is 17.1 Å². The van der Waals surface area contributed by atoms with Crippen molar-refractivity contribution >= 4 is 5.91 Å². The number of carbonyl (C=O) groups excluding carboxylic acids is 1. The lowest BCUT2D eigenvalue weighted by Crippen LogP contribution is -2.43. The number of nitrogens with zero attached hydrogens (tertiary/aromatic N) is 4. The summed E-state index contributed by atoms with van der Waals surface area (Å²) in [4.78, 5) is 21.7. The van der Waals surface area contributed by atoms with Gasteiger partial charge in [-0.25, -0.2) is 0 Å². The fourth-order valence-electron chi connectivity index (χ4n) is 4.13. The lowest BCUT2D eigenvalue weighted by Gasteiger charge is -2.33. The molecule has 1 aromatic heterocycles. The SMILES string of the molecule is COc1ccc(CN(C)C(=O)C2CCCN(Cc3nc(-c4ccc(C)cc4)no3)C2)cc1. The molecule has 0 N–H and O–H groups in total. The molecule has 0 saturated carbocycles. The molecule has 0 aliphatic carbocycles. The molecule has 1 aliphatic rings. The largest absolute Gasteiger partial charge is 0.497 e. The van der Waals surface area contributed by atoms with Gasteiger partial charge in [-0.2, -0.15) is 4.98 Å². The summed E-state index contributed by atoms with van der Waals surface area (Å²) in [5, 5.41) is 4.13. The number of aromatic nitrogens is 2. The predicted molar refractivity (Wildman–Crippen MR) is 122 cm³/mol. The maximum Gasteiger partial charge on any atom is 0.241 e. The van der Waals surface area contributed by atoms with E-state index >= 15 is 0 Å². The second-order valence-electron chi connectivity index (χ2n) is 8.49. The molecule has 4 rings (SSSR count). The number of methoxy groups -OCH3 is 1. The highest BCUT2D eigenvalue weighted by Crippen LogP contribution is 2.22. The third kappa shape index (κ3) is 5.34. The number of aryl methyl sites for hydroxylation is 1. The number of rotatable bonds is 7. The monoisotopic (exact) mass is 434 g/mol. The molecule has 2 aromatic carbocycles. The van der Waals surface area contributed by atoms with Gasteiger partial charge in [-0.3, -0.25) is 9.69 Å². The maximum absolute atomic E-state index is 13.1. The number of benzene rings is 2. The Morgan fingerprint density at radius 1 is 1.19 bits per heavy atom. The topological polar surface area (TPSA) is 71.7 Å². The van der Waals surface area contributed by atoms with Crippen LogP contribution in [-0.4, -0.2) is 53.1 Å². The smallest absolute Gasteiger partial charge is 0.241 e. The van der Waals surface area contributed by atoms with Crippen LogP contribution in [0.2, 0.25) is 0 Å². The zero-order chi connectivity index (χ0) is 22.5. The fraction of sp³-hybridized carbons (Fsp3) is 0.400. The lowest BCUT2D eigenvalue weighted by molar-refractivity contribution is -0.136. The van der Waals surface area contributed by atoms with Gasteiger partial charge in [-0.05, 0) is 44.0 Å². The minimum Gasteiger partial charge on any atom is -0.497 e. The van der Waals surface area contributed by atoms with Gasteiger partial charge >= 0.3 is 0 Å². The highest BCUT2D eigenvalue weighted by Gasteiger charge is 2.29. The molecular weight excluding hydrogens is 404 g/mol. The Labute approximate surface area is 189 Å². The molecule has 2 heterocycles. The summed E-state index contributed by atoms with van der Waals surface area (Å²) >= 11 is 0. The Morgan fingerprint density at radius 3 is 2.66 bits per heavy atom. The molecule has 7 heteroatoms. The molecule has 0 radical (unpaired) electrons. The Kier molecular flexibility index (Phi) is 6.85. The summed E-state index contributed by atoms with van der Waals surface area (Å²) in [6.45, 7) is 4.82. The minimum absolute atomic E-state index is 0.0218. The highest BCUT2D eigenvalue weighted by molar-refractivity contribution is 5.79. The average Bonchev–Trinajstić information content (AvgIpc) is 3.28. The molecule has 3 aromatic rings. The average molecular weight is 435 g/mol. The number of amides is 1. The van der Waals surface area contributed by atoms with E-state index in [9.17, 15) is 4.79 Å². The van der Waals surface area contributed by atoms with Crippen LogP contribution in [0.1, 0.15) is 29.9 Å². The normalized spacial score (nSPS) is 16.7. The van der Waals surface area contributed by atoms with E-state index in [4.69, 9.17) is 9.26 Å². The number of likely N-dealkylation sites (tertiary alicyclic amines) is 1. The lowest BCUT2D eigenvalue weighted by atomic mass is 9.96. The molecule has 1 saturated heterocycles. The minimum atomic E-state index is -0.0218. The number of hydrogen-bond acceptors (Lipinski definition) is 6. The Morgan fingerprint density at radius 2 is 1.94 bits per heavy atom. The van der Waals surface area contributed by atoms with Gasteiger partial charge in [0.05, 0.1) is 19.6 Å². The van der Waals surface area contributed by atoms with Crippen molar-refractivity contribution in [2.45, 2.75) is 32.9 Å². The Balaban J connectivity index is 1.33. The van der Waals surface area contributed by atoms with Crippen LogP contribution in [0.25, 0.3) is 11.4 Å². The van der Waals surface area contributed by atoms with Gasteiger partial charge in [0, 0.05) is 25.7 Å². The van der Waals surface area contributed by atoms with Gasteiger partial charge in [0.25, 0.3) is 0 Å². The van der Waals surface area contributed by atoms with Crippen molar-refractivity contribution in [2.75, 3.05) is 27.2 Å².